The van der Waals surface area contributed by atoms with Crippen molar-refractivity contribution in [1.82, 2.24) is 24.9 Å². The first-order chi connectivity index (χ1) is 28.7. The monoisotopic (exact) mass is 739 g/mol. The van der Waals surface area contributed by atoms with E-state index in [1.54, 1.807) is 6.20 Å². The molecule has 0 atom stereocenters. The maximum Gasteiger partial charge on any atom is 0.0978 e. The zero-order valence-electron chi connectivity index (χ0n) is 31.3. The average Bonchev–Trinajstić information content (AvgIpc) is 3.31. The van der Waals surface area contributed by atoms with Crippen LogP contribution in [0.2, 0.25) is 0 Å². The van der Waals surface area contributed by atoms with Crippen LogP contribution in [0.4, 0.5) is 0 Å². The molecule has 0 saturated carbocycles. The first kappa shape index (κ1) is 33.4. The molecule has 0 radical (unpaired) electrons. The Morgan fingerprint density at radius 2 is 1.00 bits per heavy atom. The number of benzene rings is 6. The van der Waals surface area contributed by atoms with Gasteiger partial charge >= 0.3 is 0 Å². The summed E-state index contributed by atoms with van der Waals surface area (Å²) in [6.07, 6.45) is 7.48. The fraction of sp³-hybridized carbons (Fsp3) is 0. The number of hydrogen-bond donors (Lipinski definition) is 0. The lowest BCUT2D eigenvalue weighted by molar-refractivity contribution is 1.25. The Bertz CT molecular complexity index is 3210. The zero-order valence-corrected chi connectivity index (χ0v) is 31.3. The summed E-state index contributed by atoms with van der Waals surface area (Å²) in [5.41, 5.74) is 15.1. The van der Waals surface area contributed by atoms with E-state index in [1.807, 2.05) is 36.8 Å². The molecule has 0 unspecified atom stereocenters. The molecule has 5 aromatic heterocycles. The third kappa shape index (κ3) is 5.85. The molecule has 0 N–H and O–H groups in total. The lowest BCUT2D eigenvalue weighted by Crippen LogP contribution is -1.95. The molecule has 58 heavy (non-hydrogen) atoms. The van der Waals surface area contributed by atoms with Crippen LogP contribution < -0.4 is 0 Å². The molecule has 5 heteroatoms. The van der Waals surface area contributed by atoms with Crippen LogP contribution in [0, 0.1) is 0 Å². The largest absolute Gasteiger partial charge is 0.264 e. The fourth-order valence-corrected chi connectivity index (χ4v) is 8.23. The van der Waals surface area contributed by atoms with Gasteiger partial charge in [-0.2, -0.15) is 0 Å². The fourth-order valence-electron chi connectivity index (χ4n) is 8.23. The van der Waals surface area contributed by atoms with Crippen molar-refractivity contribution in [2.45, 2.75) is 0 Å². The molecule has 270 valence electrons. The van der Waals surface area contributed by atoms with Gasteiger partial charge in [0.1, 0.15) is 0 Å². The number of nitrogens with zero attached hydrogens (tertiary/aromatic N) is 5. The van der Waals surface area contributed by atoms with Gasteiger partial charge in [-0.1, -0.05) is 140 Å². The maximum absolute atomic E-state index is 5.25. The van der Waals surface area contributed by atoms with Crippen molar-refractivity contribution >= 4 is 43.5 Å². The minimum absolute atomic E-state index is 0.808. The Morgan fingerprint density at radius 3 is 1.81 bits per heavy atom. The third-order valence-corrected chi connectivity index (χ3v) is 11.1. The standard InChI is InChI=1S/C53H33N5/c1-2-10-34(11-3-1)39-23-27-48(56-33-39)50-31-40(30-49(57-50)36-20-18-35(19-21-36)38-13-8-28-54-32-38)41-25-26-44(43-15-5-4-14-42(41)43)51-45-16-6-7-17-47(45)58-53-46(51)24-22-37-12-9-29-55-52(37)53/h1-33H. The number of rotatable bonds is 6. The second-order valence-corrected chi connectivity index (χ2v) is 14.5. The molecule has 0 saturated heterocycles. The molecule has 6 aromatic carbocycles. The van der Waals surface area contributed by atoms with Gasteiger partial charge in [-0.05, 0) is 80.6 Å². The number of hydrogen-bond acceptors (Lipinski definition) is 5. The molecule has 5 nitrogen and oxygen atoms in total. The second kappa shape index (κ2) is 14.0. The topological polar surface area (TPSA) is 64.5 Å². The van der Waals surface area contributed by atoms with Crippen molar-refractivity contribution in [2.75, 3.05) is 0 Å². The van der Waals surface area contributed by atoms with Crippen LogP contribution in [0.1, 0.15) is 0 Å². The minimum atomic E-state index is 0.808. The van der Waals surface area contributed by atoms with E-state index in [0.29, 0.717) is 0 Å². The molecular formula is C53H33N5. The normalized spacial score (nSPS) is 11.4. The van der Waals surface area contributed by atoms with E-state index in [9.17, 15) is 0 Å². The highest BCUT2D eigenvalue weighted by Crippen LogP contribution is 2.43. The van der Waals surface area contributed by atoms with Crippen molar-refractivity contribution in [3.63, 3.8) is 0 Å². The SMILES string of the molecule is c1ccc(-c2ccc(-c3cc(-c4ccc(-c5c6ccccc6nc6c5ccc5cccnc56)c5ccccc45)cc(-c4ccc(-c5cccnc5)cc4)n3)nc2)cc1. The van der Waals surface area contributed by atoms with Crippen molar-refractivity contribution < 1.29 is 0 Å². The molecule has 0 spiro atoms. The van der Waals surface area contributed by atoms with Crippen molar-refractivity contribution in [3.8, 4) is 67.2 Å². The van der Waals surface area contributed by atoms with Gasteiger partial charge in [-0.25, -0.2) is 9.97 Å². The summed E-state index contributed by atoms with van der Waals surface area (Å²) >= 11 is 0. The molecule has 0 aliphatic carbocycles. The number of pyridine rings is 5. The third-order valence-electron chi connectivity index (χ3n) is 11.1. The smallest absolute Gasteiger partial charge is 0.0978 e. The summed E-state index contributed by atoms with van der Waals surface area (Å²) in [6, 6.07) is 61.6. The van der Waals surface area contributed by atoms with Crippen molar-refractivity contribution in [1.29, 1.82) is 0 Å². The Morgan fingerprint density at radius 1 is 0.328 bits per heavy atom. The highest BCUT2D eigenvalue weighted by molar-refractivity contribution is 6.20. The van der Waals surface area contributed by atoms with E-state index < -0.39 is 0 Å². The number of aromatic nitrogens is 5. The lowest BCUT2D eigenvalue weighted by Gasteiger charge is -2.17. The Hall–Kier alpha value is -7.89. The van der Waals surface area contributed by atoms with Gasteiger partial charge < -0.3 is 0 Å². The summed E-state index contributed by atoms with van der Waals surface area (Å²) in [4.78, 5) is 24.5. The van der Waals surface area contributed by atoms with Crippen LogP contribution in [-0.4, -0.2) is 24.9 Å². The van der Waals surface area contributed by atoms with E-state index in [1.165, 1.54) is 0 Å². The number of fused-ring (bicyclic) bond motifs is 5. The van der Waals surface area contributed by atoms with Gasteiger partial charge in [0.05, 0.1) is 33.6 Å². The summed E-state index contributed by atoms with van der Waals surface area (Å²) in [7, 11) is 0. The van der Waals surface area contributed by atoms with E-state index >= 15 is 0 Å². The quantitative estimate of drug-likeness (QED) is 0.125. The second-order valence-electron chi connectivity index (χ2n) is 14.5. The van der Waals surface area contributed by atoms with Crippen LogP contribution in [-0.2, 0) is 0 Å². The summed E-state index contributed by atoms with van der Waals surface area (Å²) < 4.78 is 0. The van der Waals surface area contributed by atoms with Gasteiger partial charge in [0.25, 0.3) is 0 Å². The summed E-state index contributed by atoms with van der Waals surface area (Å²) in [6.45, 7) is 0. The van der Waals surface area contributed by atoms with E-state index in [0.717, 1.165) is 111 Å². The average molecular weight is 740 g/mol. The van der Waals surface area contributed by atoms with Crippen LogP contribution >= 0.6 is 0 Å². The Kier molecular flexibility index (Phi) is 8.07. The van der Waals surface area contributed by atoms with Crippen LogP contribution in [0.15, 0.2) is 201 Å². The maximum atomic E-state index is 5.25. The first-order valence-corrected chi connectivity index (χ1v) is 19.4. The van der Waals surface area contributed by atoms with E-state index in [4.69, 9.17) is 19.9 Å². The first-order valence-electron chi connectivity index (χ1n) is 19.4. The van der Waals surface area contributed by atoms with Gasteiger partial charge in [0, 0.05) is 57.6 Å². The number of para-hydroxylation sites is 1. The molecule has 11 rings (SSSR count). The summed E-state index contributed by atoms with van der Waals surface area (Å²) in [5.74, 6) is 0. The van der Waals surface area contributed by atoms with Gasteiger partial charge in [-0.15, -0.1) is 0 Å². The molecule has 0 aliphatic heterocycles. The van der Waals surface area contributed by atoms with E-state index in [2.05, 4.69) is 163 Å². The molecule has 0 bridgehead atoms. The summed E-state index contributed by atoms with van der Waals surface area (Å²) in [5, 5.41) is 5.57. The van der Waals surface area contributed by atoms with Crippen LogP contribution in [0.5, 0.6) is 0 Å². The van der Waals surface area contributed by atoms with Crippen molar-refractivity contribution in [3.05, 3.63) is 201 Å². The molecule has 0 amide bonds. The van der Waals surface area contributed by atoms with Gasteiger partial charge in [-0.3, -0.25) is 15.0 Å². The Balaban J connectivity index is 1.11. The van der Waals surface area contributed by atoms with Gasteiger partial charge in [0.15, 0.2) is 0 Å². The highest BCUT2D eigenvalue weighted by Gasteiger charge is 2.19. The molecule has 11 aromatic rings. The predicted octanol–water partition coefficient (Wildman–Crippen LogP) is 13.3. The van der Waals surface area contributed by atoms with Crippen molar-refractivity contribution in [2.24, 2.45) is 0 Å². The Labute approximate surface area is 335 Å². The van der Waals surface area contributed by atoms with E-state index in [-0.39, 0.29) is 0 Å². The van der Waals surface area contributed by atoms with Crippen LogP contribution in [0.3, 0.4) is 0 Å². The van der Waals surface area contributed by atoms with Crippen LogP contribution in [0.25, 0.3) is 111 Å². The zero-order chi connectivity index (χ0) is 38.4. The minimum Gasteiger partial charge on any atom is -0.264 e. The molecule has 5 heterocycles. The highest BCUT2D eigenvalue weighted by atomic mass is 14.8. The van der Waals surface area contributed by atoms with Gasteiger partial charge in [0.2, 0.25) is 0 Å². The predicted molar refractivity (Wildman–Crippen MR) is 238 cm³/mol. The lowest BCUT2D eigenvalue weighted by atomic mass is 9.88. The molecule has 0 fully saturated rings. The molecule has 0 aliphatic rings. The molecular weight excluding hydrogens is 707 g/mol.